The van der Waals surface area contributed by atoms with E-state index in [-0.39, 0.29) is 6.61 Å². The molecule has 1 aliphatic heterocycles. The molecule has 146 valence electrons. The monoisotopic (exact) mass is 377 g/mol. The molecular formula is C23H27N3O2. The predicted octanol–water partition coefficient (Wildman–Crippen LogP) is 2.95. The van der Waals surface area contributed by atoms with Gasteiger partial charge < -0.3 is 10.2 Å². The van der Waals surface area contributed by atoms with E-state index in [1.54, 1.807) is 0 Å². The molecular weight excluding hydrogens is 350 g/mol. The molecule has 28 heavy (non-hydrogen) atoms. The molecule has 0 bridgehead atoms. The summed E-state index contributed by atoms with van der Waals surface area (Å²) in [6.07, 6.45) is 0.105. The van der Waals surface area contributed by atoms with Crippen molar-refractivity contribution in [3.05, 3.63) is 89.2 Å². The predicted molar refractivity (Wildman–Crippen MR) is 109 cm³/mol. The molecule has 1 aliphatic rings. The second kappa shape index (κ2) is 8.69. The minimum Gasteiger partial charge on any atom is -0.393 e. The summed E-state index contributed by atoms with van der Waals surface area (Å²) in [7, 11) is 0. The van der Waals surface area contributed by atoms with Gasteiger partial charge in [-0.15, -0.1) is 0 Å². The quantitative estimate of drug-likeness (QED) is 0.693. The molecule has 4 rings (SSSR count). The van der Waals surface area contributed by atoms with Crippen LogP contribution in [0.5, 0.6) is 0 Å². The molecule has 1 atom stereocenters. The zero-order valence-corrected chi connectivity index (χ0v) is 16.0. The molecule has 2 N–H and O–H groups in total. The second-order valence-corrected chi connectivity index (χ2v) is 7.44. The lowest BCUT2D eigenvalue weighted by Crippen LogP contribution is -2.29. The SMILES string of the molecule is OC[C@@H](O)c1cc2n(n1)CCCN(CC(c1ccccc1)c1ccccc1)C2. The van der Waals surface area contributed by atoms with Gasteiger partial charge in [-0.25, -0.2) is 0 Å². The van der Waals surface area contributed by atoms with Gasteiger partial charge in [-0.2, -0.15) is 5.10 Å². The van der Waals surface area contributed by atoms with Crippen LogP contribution in [0.2, 0.25) is 0 Å². The third kappa shape index (κ3) is 4.17. The van der Waals surface area contributed by atoms with Gasteiger partial charge in [0, 0.05) is 32.1 Å². The summed E-state index contributed by atoms with van der Waals surface area (Å²) in [5.74, 6) is 0.305. The number of aliphatic hydroxyl groups is 2. The molecule has 5 heteroatoms. The summed E-state index contributed by atoms with van der Waals surface area (Å²) < 4.78 is 1.98. The molecule has 0 unspecified atom stereocenters. The van der Waals surface area contributed by atoms with Crippen LogP contribution in [0.3, 0.4) is 0 Å². The van der Waals surface area contributed by atoms with Crippen molar-refractivity contribution in [2.24, 2.45) is 0 Å². The van der Waals surface area contributed by atoms with Crippen LogP contribution >= 0.6 is 0 Å². The zero-order valence-electron chi connectivity index (χ0n) is 16.0. The Hall–Kier alpha value is -2.47. The first kappa shape index (κ1) is 18.9. The Morgan fingerprint density at radius 2 is 1.57 bits per heavy atom. The Labute approximate surface area is 165 Å². The fourth-order valence-electron chi connectivity index (χ4n) is 4.00. The number of rotatable bonds is 6. The number of aliphatic hydroxyl groups excluding tert-OH is 2. The minimum atomic E-state index is -0.908. The van der Waals surface area contributed by atoms with Crippen molar-refractivity contribution >= 4 is 0 Å². The third-order valence-corrected chi connectivity index (χ3v) is 5.47. The number of benzene rings is 2. The molecule has 0 saturated carbocycles. The van der Waals surface area contributed by atoms with Crippen LogP contribution in [0.25, 0.3) is 0 Å². The van der Waals surface area contributed by atoms with Gasteiger partial charge in [0.25, 0.3) is 0 Å². The second-order valence-electron chi connectivity index (χ2n) is 7.44. The number of aryl methyl sites for hydroxylation is 1. The van der Waals surface area contributed by atoms with Crippen LogP contribution in [-0.4, -0.2) is 44.6 Å². The number of hydrogen-bond acceptors (Lipinski definition) is 4. The lowest BCUT2D eigenvalue weighted by atomic mass is 9.90. The number of nitrogens with zero attached hydrogens (tertiary/aromatic N) is 3. The van der Waals surface area contributed by atoms with Crippen molar-refractivity contribution in [3.63, 3.8) is 0 Å². The smallest absolute Gasteiger partial charge is 0.121 e. The highest BCUT2D eigenvalue weighted by atomic mass is 16.3. The summed E-state index contributed by atoms with van der Waals surface area (Å²) in [6, 6.07) is 23.3. The minimum absolute atomic E-state index is 0.301. The van der Waals surface area contributed by atoms with Gasteiger partial charge in [0.2, 0.25) is 0 Å². The Bertz CT molecular complexity index is 840. The van der Waals surface area contributed by atoms with Gasteiger partial charge in [-0.3, -0.25) is 9.58 Å². The largest absolute Gasteiger partial charge is 0.393 e. The van der Waals surface area contributed by atoms with E-state index in [9.17, 15) is 10.2 Å². The molecule has 0 amide bonds. The van der Waals surface area contributed by atoms with Crippen LogP contribution in [-0.2, 0) is 13.1 Å². The number of fused-ring (bicyclic) bond motifs is 1. The van der Waals surface area contributed by atoms with Crippen LogP contribution < -0.4 is 0 Å². The van der Waals surface area contributed by atoms with Gasteiger partial charge in [-0.05, 0) is 23.6 Å². The van der Waals surface area contributed by atoms with Gasteiger partial charge in [-0.1, -0.05) is 60.7 Å². The average Bonchev–Trinajstić information content (AvgIpc) is 3.05. The van der Waals surface area contributed by atoms with Crippen LogP contribution in [0.1, 0.15) is 41.0 Å². The highest BCUT2D eigenvalue weighted by Crippen LogP contribution is 2.27. The van der Waals surface area contributed by atoms with E-state index in [4.69, 9.17) is 0 Å². The molecule has 0 fully saturated rings. The average molecular weight is 377 g/mol. The third-order valence-electron chi connectivity index (χ3n) is 5.47. The molecule has 0 spiro atoms. The van der Waals surface area contributed by atoms with Crippen molar-refractivity contribution in [2.75, 3.05) is 19.7 Å². The zero-order chi connectivity index (χ0) is 19.3. The van der Waals surface area contributed by atoms with E-state index in [2.05, 4.69) is 70.7 Å². The van der Waals surface area contributed by atoms with Crippen molar-refractivity contribution in [3.8, 4) is 0 Å². The van der Waals surface area contributed by atoms with Crippen LogP contribution in [0, 0.1) is 0 Å². The maximum absolute atomic E-state index is 9.92. The summed E-state index contributed by atoms with van der Waals surface area (Å²) in [5, 5.41) is 23.6. The molecule has 5 nitrogen and oxygen atoms in total. The normalized spacial score (nSPS) is 16.0. The lowest BCUT2D eigenvalue weighted by molar-refractivity contribution is 0.0916. The molecule has 0 radical (unpaired) electrons. The van der Waals surface area contributed by atoms with Gasteiger partial charge in [0.05, 0.1) is 18.0 Å². The highest BCUT2D eigenvalue weighted by molar-refractivity contribution is 5.33. The van der Waals surface area contributed by atoms with E-state index in [1.807, 2.05) is 10.7 Å². The summed E-state index contributed by atoms with van der Waals surface area (Å²) >= 11 is 0. The molecule has 2 aromatic carbocycles. The summed E-state index contributed by atoms with van der Waals surface area (Å²) in [5.41, 5.74) is 4.30. The van der Waals surface area contributed by atoms with Gasteiger partial charge in [0.1, 0.15) is 6.10 Å². The lowest BCUT2D eigenvalue weighted by Gasteiger charge is -2.27. The standard InChI is InChI=1S/C23H27N3O2/c27-17-23(28)22-14-20-15-25(12-7-13-26(20)24-22)16-21(18-8-3-1-4-9-18)19-10-5-2-6-11-19/h1-6,8-11,14,21,23,27-28H,7,12-13,15-17H2/t23-/m1/s1. The molecule has 2 heterocycles. The van der Waals surface area contributed by atoms with Crippen molar-refractivity contribution in [1.82, 2.24) is 14.7 Å². The van der Waals surface area contributed by atoms with Crippen molar-refractivity contribution < 1.29 is 10.2 Å². The topological polar surface area (TPSA) is 61.5 Å². The van der Waals surface area contributed by atoms with E-state index < -0.39 is 6.10 Å². The first-order valence-electron chi connectivity index (χ1n) is 9.92. The Balaban J connectivity index is 1.58. The van der Waals surface area contributed by atoms with E-state index in [0.29, 0.717) is 11.6 Å². The summed E-state index contributed by atoms with van der Waals surface area (Å²) in [4.78, 5) is 2.47. The Morgan fingerprint density at radius 1 is 0.929 bits per heavy atom. The van der Waals surface area contributed by atoms with Crippen LogP contribution in [0.4, 0.5) is 0 Å². The Morgan fingerprint density at radius 3 is 2.18 bits per heavy atom. The van der Waals surface area contributed by atoms with E-state index in [1.165, 1.54) is 11.1 Å². The van der Waals surface area contributed by atoms with Crippen LogP contribution in [0.15, 0.2) is 66.7 Å². The van der Waals surface area contributed by atoms with E-state index in [0.717, 1.165) is 38.3 Å². The highest BCUT2D eigenvalue weighted by Gasteiger charge is 2.23. The molecule has 3 aromatic rings. The van der Waals surface area contributed by atoms with Crippen molar-refractivity contribution in [1.29, 1.82) is 0 Å². The Kier molecular flexibility index (Phi) is 5.86. The van der Waals surface area contributed by atoms with Gasteiger partial charge in [0.15, 0.2) is 0 Å². The number of hydrogen-bond donors (Lipinski definition) is 2. The summed E-state index contributed by atoms with van der Waals surface area (Å²) in [6.45, 7) is 3.27. The van der Waals surface area contributed by atoms with E-state index >= 15 is 0 Å². The first-order chi connectivity index (χ1) is 13.7. The molecule has 0 aliphatic carbocycles. The fraction of sp³-hybridized carbons (Fsp3) is 0.348. The fourth-order valence-corrected chi connectivity index (χ4v) is 4.00. The first-order valence-corrected chi connectivity index (χ1v) is 9.92. The van der Waals surface area contributed by atoms with Gasteiger partial charge >= 0.3 is 0 Å². The van der Waals surface area contributed by atoms with Crippen molar-refractivity contribution in [2.45, 2.75) is 31.5 Å². The molecule has 0 saturated heterocycles. The molecule has 1 aromatic heterocycles. The number of aromatic nitrogens is 2. The maximum atomic E-state index is 9.92. The maximum Gasteiger partial charge on any atom is 0.121 e.